The van der Waals surface area contributed by atoms with Crippen LogP contribution in [0.3, 0.4) is 0 Å². The number of halogens is 2. The molecule has 1 atom stereocenters. The number of alkyl halides is 2. The first kappa shape index (κ1) is 13.4. The van der Waals surface area contributed by atoms with E-state index in [9.17, 15) is 4.79 Å². The second kappa shape index (κ2) is 5.07. The number of rotatable bonds is 4. The second-order valence-corrected chi connectivity index (χ2v) is 6.16. The number of hydrogen-bond acceptors (Lipinski definition) is 4. The smallest absolute Gasteiger partial charge is 0.251 e. The summed E-state index contributed by atoms with van der Waals surface area (Å²) in [6, 6.07) is 8.92. The van der Waals surface area contributed by atoms with Crippen molar-refractivity contribution in [3.63, 3.8) is 0 Å². The molecule has 1 N–H and O–H groups in total. The van der Waals surface area contributed by atoms with Crippen LogP contribution in [-0.2, 0) is 6.54 Å². The number of nitrogens with zero attached hydrogens (tertiary/aromatic N) is 2. The van der Waals surface area contributed by atoms with Gasteiger partial charge in [0.05, 0.1) is 12.5 Å². The van der Waals surface area contributed by atoms with Gasteiger partial charge in [-0.1, -0.05) is 23.4 Å². The fourth-order valence-electron chi connectivity index (χ4n) is 1.81. The molecule has 2 aromatic rings. The highest BCUT2D eigenvalue weighted by molar-refractivity contribution is 6.51. The molecule has 7 heteroatoms. The summed E-state index contributed by atoms with van der Waals surface area (Å²) in [5.74, 6) is 0.517. The van der Waals surface area contributed by atoms with E-state index < -0.39 is 4.33 Å². The number of hydrogen-bond donors (Lipinski definition) is 1. The van der Waals surface area contributed by atoms with E-state index in [0.29, 0.717) is 23.7 Å². The summed E-state index contributed by atoms with van der Waals surface area (Å²) in [7, 11) is 0. The van der Waals surface area contributed by atoms with Crippen LogP contribution in [0.1, 0.15) is 34.4 Å². The zero-order valence-electron chi connectivity index (χ0n) is 10.3. The van der Waals surface area contributed by atoms with Crippen LogP contribution in [0.5, 0.6) is 0 Å². The zero-order chi connectivity index (χ0) is 14.2. The Morgan fingerprint density at radius 2 is 2.10 bits per heavy atom. The molecule has 5 nitrogen and oxygen atoms in total. The largest absolute Gasteiger partial charge is 0.345 e. The number of nitrogens with one attached hydrogen (secondary N) is 1. The van der Waals surface area contributed by atoms with Crippen LogP contribution in [0.4, 0.5) is 0 Å². The van der Waals surface area contributed by atoms with Gasteiger partial charge in [0.1, 0.15) is 4.33 Å². The number of benzene rings is 1. The minimum absolute atomic E-state index is 0.114. The van der Waals surface area contributed by atoms with E-state index in [4.69, 9.17) is 27.7 Å². The van der Waals surface area contributed by atoms with Gasteiger partial charge in [-0.15, -0.1) is 23.2 Å². The molecule has 1 aliphatic carbocycles. The number of carbonyl (C=O) groups is 1. The standard InChI is InChI=1S/C13H11Cl2N3O2/c14-13(15)6-9(13)12-17-10(18-20-12)7-16-11(19)8-4-2-1-3-5-8/h1-5,9H,6-7H2,(H,16,19)/t9-/m0/s1. The van der Waals surface area contributed by atoms with E-state index in [0.717, 1.165) is 0 Å². The maximum Gasteiger partial charge on any atom is 0.251 e. The minimum atomic E-state index is -0.795. The summed E-state index contributed by atoms with van der Waals surface area (Å²) in [5, 5.41) is 6.51. The number of aromatic nitrogens is 2. The predicted octanol–water partition coefficient (Wildman–Crippen LogP) is 2.66. The van der Waals surface area contributed by atoms with E-state index in [-0.39, 0.29) is 18.4 Å². The first-order valence-corrected chi connectivity index (χ1v) is 6.85. The number of carbonyl (C=O) groups excluding carboxylic acids is 1. The Morgan fingerprint density at radius 3 is 2.75 bits per heavy atom. The second-order valence-electron chi connectivity index (χ2n) is 4.62. The van der Waals surface area contributed by atoms with E-state index >= 15 is 0 Å². The lowest BCUT2D eigenvalue weighted by Gasteiger charge is -2.01. The van der Waals surface area contributed by atoms with Crippen LogP contribution in [0, 0.1) is 0 Å². The molecule has 0 unspecified atom stereocenters. The molecule has 0 spiro atoms. The molecule has 1 aromatic heterocycles. The van der Waals surface area contributed by atoms with Crippen molar-refractivity contribution in [1.82, 2.24) is 15.5 Å². The Balaban J connectivity index is 1.58. The van der Waals surface area contributed by atoms with Gasteiger partial charge in [0, 0.05) is 5.56 Å². The Hall–Kier alpha value is -1.59. The molecule has 0 bridgehead atoms. The summed E-state index contributed by atoms with van der Waals surface area (Å²) < 4.78 is 4.29. The Morgan fingerprint density at radius 1 is 1.40 bits per heavy atom. The molecule has 1 fully saturated rings. The quantitative estimate of drug-likeness (QED) is 0.881. The Kier molecular flexibility index (Phi) is 3.40. The average Bonchev–Trinajstić information content (AvgIpc) is 2.89. The number of amides is 1. The van der Waals surface area contributed by atoms with Crippen molar-refractivity contribution >= 4 is 29.1 Å². The lowest BCUT2D eigenvalue weighted by Crippen LogP contribution is -2.23. The van der Waals surface area contributed by atoms with Gasteiger partial charge in [-0.05, 0) is 18.6 Å². The Bertz CT molecular complexity index is 628. The van der Waals surface area contributed by atoms with Gasteiger partial charge < -0.3 is 9.84 Å². The molecule has 1 aliphatic rings. The average molecular weight is 312 g/mol. The van der Waals surface area contributed by atoms with Crippen LogP contribution in [-0.4, -0.2) is 20.4 Å². The lowest BCUT2D eigenvalue weighted by molar-refractivity contribution is 0.0949. The normalized spacial score (nSPS) is 19.6. The SMILES string of the molecule is O=C(NCc1noc([C@@H]2CC2(Cl)Cl)n1)c1ccccc1. The molecule has 3 rings (SSSR count). The fraction of sp³-hybridized carbons (Fsp3) is 0.308. The topological polar surface area (TPSA) is 68.0 Å². The summed E-state index contributed by atoms with van der Waals surface area (Å²) in [4.78, 5) is 16.0. The van der Waals surface area contributed by atoms with Crippen molar-refractivity contribution in [2.45, 2.75) is 23.2 Å². The molecule has 0 aliphatic heterocycles. The third-order valence-electron chi connectivity index (χ3n) is 3.05. The van der Waals surface area contributed by atoms with Crippen LogP contribution in [0.25, 0.3) is 0 Å². The van der Waals surface area contributed by atoms with Gasteiger partial charge in [0.25, 0.3) is 5.91 Å². The fourth-order valence-corrected chi connectivity index (χ4v) is 2.31. The molecule has 20 heavy (non-hydrogen) atoms. The Labute approximate surface area is 125 Å². The van der Waals surface area contributed by atoms with Crippen molar-refractivity contribution in [3.05, 3.63) is 47.6 Å². The van der Waals surface area contributed by atoms with E-state index in [1.807, 2.05) is 6.07 Å². The highest BCUT2D eigenvalue weighted by atomic mass is 35.5. The third-order valence-corrected chi connectivity index (χ3v) is 3.89. The lowest BCUT2D eigenvalue weighted by atomic mass is 10.2. The zero-order valence-corrected chi connectivity index (χ0v) is 11.9. The maximum atomic E-state index is 11.8. The molecule has 1 heterocycles. The van der Waals surface area contributed by atoms with E-state index in [1.165, 1.54) is 0 Å². The molecule has 1 amide bonds. The molecule has 104 valence electrons. The highest BCUT2D eigenvalue weighted by Crippen LogP contribution is 2.58. The molecular formula is C13H11Cl2N3O2. The van der Waals surface area contributed by atoms with Crippen LogP contribution >= 0.6 is 23.2 Å². The summed E-state index contributed by atoms with van der Waals surface area (Å²) in [5.41, 5.74) is 0.582. The molecule has 1 aromatic carbocycles. The van der Waals surface area contributed by atoms with Gasteiger partial charge in [-0.3, -0.25) is 4.79 Å². The monoisotopic (exact) mass is 311 g/mol. The van der Waals surface area contributed by atoms with Crippen molar-refractivity contribution in [2.24, 2.45) is 0 Å². The predicted molar refractivity (Wildman–Crippen MR) is 73.7 cm³/mol. The third kappa shape index (κ3) is 2.78. The van der Waals surface area contributed by atoms with Crippen molar-refractivity contribution in [1.29, 1.82) is 0 Å². The van der Waals surface area contributed by atoms with Gasteiger partial charge in [-0.25, -0.2) is 0 Å². The minimum Gasteiger partial charge on any atom is -0.345 e. The van der Waals surface area contributed by atoms with Gasteiger partial charge in [0.2, 0.25) is 5.89 Å². The summed E-state index contributed by atoms with van der Waals surface area (Å²) in [6.45, 7) is 0.196. The highest BCUT2D eigenvalue weighted by Gasteiger charge is 2.56. The molecule has 1 saturated carbocycles. The van der Waals surface area contributed by atoms with Crippen LogP contribution < -0.4 is 5.32 Å². The summed E-state index contributed by atoms with van der Waals surface area (Å²) >= 11 is 11.9. The van der Waals surface area contributed by atoms with Gasteiger partial charge in [0.15, 0.2) is 5.82 Å². The van der Waals surface area contributed by atoms with Crippen molar-refractivity contribution < 1.29 is 9.32 Å². The summed E-state index contributed by atoms with van der Waals surface area (Å²) in [6.07, 6.45) is 0.605. The van der Waals surface area contributed by atoms with Crippen LogP contribution in [0.15, 0.2) is 34.9 Å². The van der Waals surface area contributed by atoms with Gasteiger partial charge in [-0.2, -0.15) is 4.98 Å². The van der Waals surface area contributed by atoms with E-state index in [1.54, 1.807) is 24.3 Å². The first-order chi connectivity index (χ1) is 9.56. The first-order valence-electron chi connectivity index (χ1n) is 6.10. The van der Waals surface area contributed by atoms with Crippen molar-refractivity contribution in [2.75, 3.05) is 0 Å². The molecular weight excluding hydrogens is 301 g/mol. The van der Waals surface area contributed by atoms with Crippen molar-refractivity contribution in [3.8, 4) is 0 Å². The van der Waals surface area contributed by atoms with E-state index in [2.05, 4.69) is 15.5 Å². The maximum absolute atomic E-state index is 11.8. The van der Waals surface area contributed by atoms with Crippen LogP contribution in [0.2, 0.25) is 0 Å². The molecule has 0 radical (unpaired) electrons. The van der Waals surface area contributed by atoms with Gasteiger partial charge >= 0.3 is 0 Å². The molecule has 0 saturated heterocycles.